The van der Waals surface area contributed by atoms with Gasteiger partial charge < -0.3 is 4.74 Å². The lowest BCUT2D eigenvalue weighted by Gasteiger charge is -2.09. The van der Waals surface area contributed by atoms with Crippen LogP contribution in [-0.2, 0) is 4.79 Å². The Hall–Kier alpha value is -2.59. The molecule has 1 amide bonds. The van der Waals surface area contributed by atoms with Gasteiger partial charge in [0, 0.05) is 22.9 Å². The molecular formula is C12H9ClF3N5O2. The number of hydrazine groups is 1. The second-order valence-electron chi connectivity index (χ2n) is 4.10. The first kappa shape index (κ1) is 16.8. The van der Waals surface area contributed by atoms with Crippen LogP contribution in [0.25, 0.3) is 17.6 Å². The minimum Gasteiger partial charge on any atom is -0.406 e. The normalized spacial score (nSPS) is 11.7. The number of carbonyl (C=O) groups is 1. The number of amides is 1. The molecule has 0 aliphatic carbocycles. The van der Waals surface area contributed by atoms with Gasteiger partial charge in [-0.15, -0.1) is 18.3 Å². The van der Waals surface area contributed by atoms with Gasteiger partial charge in [-0.1, -0.05) is 11.6 Å². The fourth-order valence-corrected chi connectivity index (χ4v) is 1.78. The Labute approximate surface area is 132 Å². The van der Waals surface area contributed by atoms with Crippen molar-refractivity contribution >= 4 is 23.7 Å². The van der Waals surface area contributed by atoms with E-state index in [0.717, 1.165) is 18.2 Å². The van der Waals surface area contributed by atoms with Crippen molar-refractivity contribution in [2.75, 3.05) is 0 Å². The Morgan fingerprint density at radius 1 is 1.39 bits per heavy atom. The standard InChI is InChI=1S/C12H9ClF3N5O2/c13-8-3-7(4-9(5-8)23-12(14,15)16)11-18-6-21(20-11)2-1-10(22)19-17/h1-6H,17H2,(H,19,22). The molecule has 0 saturated heterocycles. The van der Waals surface area contributed by atoms with Crippen molar-refractivity contribution in [3.05, 3.63) is 35.6 Å². The van der Waals surface area contributed by atoms with Gasteiger partial charge in [0.2, 0.25) is 0 Å². The topological polar surface area (TPSA) is 95.1 Å². The molecule has 1 aromatic heterocycles. The van der Waals surface area contributed by atoms with Crippen LogP contribution in [0.2, 0.25) is 5.02 Å². The molecule has 122 valence electrons. The molecule has 2 rings (SSSR count). The molecular weight excluding hydrogens is 339 g/mol. The van der Waals surface area contributed by atoms with E-state index in [1.54, 1.807) is 0 Å². The van der Waals surface area contributed by atoms with Gasteiger partial charge in [0.15, 0.2) is 5.82 Å². The van der Waals surface area contributed by atoms with Crippen molar-refractivity contribution in [1.29, 1.82) is 0 Å². The zero-order valence-corrected chi connectivity index (χ0v) is 12.0. The largest absolute Gasteiger partial charge is 0.573 e. The van der Waals surface area contributed by atoms with Crippen molar-refractivity contribution in [2.24, 2.45) is 5.84 Å². The fourth-order valence-electron chi connectivity index (χ4n) is 1.56. The summed E-state index contributed by atoms with van der Waals surface area (Å²) >= 11 is 5.77. The van der Waals surface area contributed by atoms with Crippen molar-refractivity contribution in [3.8, 4) is 17.1 Å². The first-order valence-corrected chi connectivity index (χ1v) is 6.31. The van der Waals surface area contributed by atoms with Crippen LogP contribution in [-0.4, -0.2) is 27.0 Å². The number of aromatic nitrogens is 3. The molecule has 2 aromatic rings. The maximum absolute atomic E-state index is 12.3. The van der Waals surface area contributed by atoms with E-state index in [1.807, 2.05) is 5.43 Å². The third-order valence-corrected chi connectivity index (χ3v) is 2.61. The van der Waals surface area contributed by atoms with E-state index in [4.69, 9.17) is 17.4 Å². The Bertz CT molecular complexity index is 745. The minimum absolute atomic E-state index is 0.0242. The number of hydrogen-bond donors (Lipinski definition) is 2. The number of benzene rings is 1. The molecule has 0 aliphatic heterocycles. The second-order valence-corrected chi connectivity index (χ2v) is 4.53. The highest BCUT2D eigenvalue weighted by Crippen LogP contribution is 2.30. The lowest BCUT2D eigenvalue weighted by atomic mass is 10.2. The van der Waals surface area contributed by atoms with Crippen molar-refractivity contribution in [1.82, 2.24) is 20.2 Å². The summed E-state index contributed by atoms with van der Waals surface area (Å²) in [4.78, 5) is 14.9. The lowest BCUT2D eigenvalue weighted by Crippen LogP contribution is -2.28. The SMILES string of the molecule is NNC(=O)C=Cn1cnc(-c2cc(Cl)cc(OC(F)(F)F)c2)n1. The smallest absolute Gasteiger partial charge is 0.406 e. The van der Waals surface area contributed by atoms with Crippen LogP contribution in [0.3, 0.4) is 0 Å². The van der Waals surface area contributed by atoms with Gasteiger partial charge in [-0.2, -0.15) is 0 Å². The molecule has 1 heterocycles. The van der Waals surface area contributed by atoms with Gasteiger partial charge in [-0.05, 0) is 18.2 Å². The number of ether oxygens (including phenoxy) is 1. The number of rotatable bonds is 4. The highest BCUT2D eigenvalue weighted by molar-refractivity contribution is 6.31. The number of carbonyl (C=O) groups excluding carboxylic acids is 1. The summed E-state index contributed by atoms with van der Waals surface area (Å²) < 4.78 is 41.8. The third-order valence-electron chi connectivity index (χ3n) is 2.39. The number of nitrogens with two attached hydrogens (primary N) is 1. The number of alkyl halides is 3. The summed E-state index contributed by atoms with van der Waals surface area (Å²) in [7, 11) is 0. The van der Waals surface area contributed by atoms with Gasteiger partial charge in [-0.25, -0.2) is 15.5 Å². The van der Waals surface area contributed by atoms with Crippen LogP contribution < -0.4 is 16.0 Å². The Morgan fingerprint density at radius 2 is 2.13 bits per heavy atom. The van der Waals surface area contributed by atoms with E-state index in [1.165, 1.54) is 23.3 Å². The van der Waals surface area contributed by atoms with E-state index in [2.05, 4.69) is 14.8 Å². The first-order chi connectivity index (χ1) is 10.8. The molecule has 0 fully saturated rings. The monoisotopic (exact) mass is 347 g/mol. The average Bonchev–Trinajstić information content (AvgIpc) is 2.91. The molecule has 0 atom stereocenters. The predicted molar refractivity (Wildman–Crippen MR) is 74.8 cm³/mol. The van der Waals surface area contributed by atoms with Gasteiger partial charge in [0.1, 0.15) is 12.1 Å². The van der Waals surface area contributed by atoms with E-state index in [9.17, 15) is 18.0 Å². The molecule has 0 bridgehead atoms. The molecule has 0 unspecified atom stereocenters. The molecule has 23 heavy (non-hydrogen) atoms. The minimum atomic E-state index is -4.84. The van der Waals surface area contributed by atoms with Crippen LogP contribution in [0.15, 0.2) is 30.6 Å². The van der Waals surface area contributed by atoms with Crippen LogP contribution >= 0.6 is 11.6 Å². The summed E-state index contributed by atoms with van der Waals surface area (Å²) in [6.45, 7) is 0. The number of nitrogens with zero attached hydrogens (tertiary/aromatic N) is 3. The second kappa shape index (κ2) is 6.67. The zero-order chi connectivity index (χ0) is 17.0. The highest BCUT2D eigenvalue weighted by atomic mass is 35.5. The van der Waals surface area contributed by atoms with Crippen LogP contribution in [0, 0.1) is 0 Å². The van der Waals surface area contributed by atoms with Gasteiger partial charge in [0.05, 0.1) is 0 Å². The number of halogens is 4. The van der Waals surface area contributed by atoms with Crippen molar-refractivity contribution in [2.45, 2.75) is 6.36 Å². The first-order valence-electron chi connectivity index (χ1n) is 5.93. The van der Waals surface area contributed by atoms with E-state index >= 15 is 0 Å². The molecule has 1 aromatic carbocycles. The molecule has 0 spiro atoms. The van der Waals surface area contributed by atoms with E-state index in [0.29, 0.717) is 0 Å². The molecule has 0 radical (unpaired) electrons. The molecule has 0 saturated carbocycles. The zero-order valence-electron chi connectivity index (χ0n) is 11.2. The van der Waals surface area contributed by atoms with Gasteiger partial charge >= 0.3 is 6.36 Å². The summed E-state index contributed by atoms with van der Waals surface area (Å²) in [5, 5.41) is 3.99. The predicted octanol–water partition coefficient (Wildman–Crippen LogP) is 1.96. The van der Waals surface area contributed by atoms with Gasteiger partial charge in [0.25, 0.3) is 5.91 Å². The fraction of sp³-hybridized carbons (Fsp3) is 0.0833. The maximum atomic E-state index is 12.3. The van der Waals surface area contributed by atoms with Crippen LogP contribution in [0.5, 0.6) is 5.75 Å². The Morgan fingerprint density at radius 3 is 2.78 bits per heavy atom. The maximum Gasteiger partial charge on any atom is 0.573 e. The summed E-state index contributed by atoms with van der Waals surface area (Å²) in [5.74, 6) is 3.94. The van der Waals surface area contributed by atoms with Crippen molar-refractivity contribution in [3.63, 3.8) is 0 Å². The average molecular weight is 348 g/mol. The van der Waals surface area contributed by atoms with Crippen molar-refractivity contribution < 1.29 is 22.7 Å². The van der Waals surface area contributed by atoms with E-state index < -0.39 is 18.0 Å². The molecule has 11 heteroatoms. The highest BCUT2D eigenvalue weighted by Gasteiger charge is 2.31. The van der Waals surface area contributed by atoms with Gasteiger partial charge in [-0.3, -0.25) is 10.2 Å². The van der Waals surface area contributed by atoms with E-state index in [-0.39, 0.29) is 16.4 Å². The number of nitrogens with one attached hydrogen (secondary N) is 1. The summed E-state index contributed by atoms with van der Waals surface area (Å²) in [6, 6.07) is 3.48. The molecule has 7 nitrogen and oxygen atoms in total. The molecule has 0 aliphatic rings. The summed E-state index contributed by atoms with van der Waals surface area (Å²) in [5.41, 5.74) is 2.10. The van der Waals surface area contributed by atoms with Crippen LogP contribution in [0.4, 0.5) is 13.2 Å². The Balaban J connectivity index is 2.27. The quantitative estimate of drug-likeness (QED) is 0.381. The third kappa shape index (κ3) is 4.97. The number of hydrogen-bond acceptors (Lipinski definition) is 5. The summed E-state index contributed by atoms with van der Waals surface area (Å²) in [6.07, 6.45) is -1.24. The lowest BCUT2D eigenvalue weighted by molar-refractivity contribution is -0.274. The Kier molecular flexibility index (Phi) is 4.86. The van der Waals surface area contributed by atoms with Crippen LogP contribution in [0.1, 0.15) is 0 Å². The molecule has 3 N–H and O–H groups in total.